The summed E-state index contributed by atoms with van der Waals surface area (Å²) in [5.74, 6) is 1.18. The van der Waals surface area contributed by atoms with Crippen LogP contribution in [0.1, 0.15) is 108 Å². The lowest BCUT2D eigenvalue weighted by atomic mass is 9.74. The summed E-state index contributed by atoms with van der Waals surface area (Å²) < 4.78 is 0.160. The fourth-order valence-corrected chi connectivity index (χ4v) is 5.95. The van der Waals surface area contributed by atoms with E-state index in [1.54, 1.807) is 13.8 Å². The first-order chi connectivity index (χ1) is 13.2. The molecule has 2 atom stereocenters. The number of carbonyl (C=O) groups excluding carboxylic acids is 2. The highest BCUT2D eigenvalue weighted by Crippen LogP contribution is 2.45. The van der Waals surface area contributed by atoms with Crippen LogP contribution in [0.5, 0.6) is 0 Å². The van der Waals surface area contributed by atoms with Gasteiger partial charge in [-0.2, -0.15) is 11.8 Å². The van der Waals surface area contributed by atoms with E-state index in [0.717, 1.165) is 44.3 Å². The molecule has 29 heavy (non-hydrogen) atoms. The summed E-state index contributed by atoms with van der Waals surface area (Å²) in [6.45, 7) is 22.1. The van der Waals surface area contributed by atoms with Crippen LogP contribution in [0, 0.1) is 10.8 Å². The third-order valence-corrected chi connectivity index (χ3v) is 8.57. The molecule has 2 N–H and O–H groups in total. The third-order valence-electron chi connectivity index (χ3n) is 6.60. The largest absolute Gasteiger partial charge is 0.356 e. The molecule has 0 rings (SSSR count). The Bertz CT molecular complexity index is 531. The summed E-state index contributed by atoms with van der Waals surface area (Å²) in [5.41, 5.74) is 0.0978. The Labute approximate surface area is 185 Å². The van der Waals surface area contributed by atoms with E-state index >= 15 is 0 Å². The van der Waals surface area contributed by atoms with Gasteiger partial charge in [-0.1, -0.05) is 55.4 Å². The predicted octanol–water partition coefficient (Wildman–Crippen LogP) is 5.94. The van der Waals surface area contributed by atoms with Crippen LogP contribution in [0.4, 0.5) is 0 Å². The number of nitrogens with one attached hydrogen (secondary N) is 2. The van der Waals surface area contributed by atoms with E-state index in [1.165, 1.54) is 0 Å². The first-order valence-corrected chi connectivity index (χ1v) is 12.4. The standard InChI is InChI=1S/C24H48N2O2S/c1-11-22(9,16-24(13-3,14-4)26-20(6)28)18-29-23(10,12-2)15-21(7,8)17-25-19(5)27/h11-18H2,1-10H3,(H,25,27)(H,26,28). The molecule has 0 aliphatic rings. The molecule has 2 unspecified atom stereocenters. The van der Waals surface area contributed by atoms with E-state index in [9.17, 15) is 9.59 Å². The van der Waals surface area contributed by atoms with E-state index in [4.69, 9.17) is 0 Å². The van der Waals surface area contributed by atoms with Crippen molar-refractivity contribution in [3.63, 3.8) is 0 Å². The minimum atomic E-state index is -0.121. The molecule has 0 aromatic rings. The predicted molar refractivity (Wildman–Crippen MR) is 128 cm³/mol. The summed E-state index contributed by atoms with van der Waals surface area (Å²) in [4.78, 5) is 23.2. The summed E-state index contributed by atoms with van der Waals surface area (Å²) in [5, 5.41) is 6.26. The molecule has 172 valence electrons. The van der Waals surface area contributed by atoms with E-state index in [0.29, 0.717) is 6.54 Å². The lowest BCUT2D eigenvalue weighted by Crippen LogP contribution is -2.50. The van der Waals surface area contributed by atoms with E-state index in [2.05, 4.69) is 77.8 Å². The first-order valence-electron chi connectivity index (χ1n) is 11.4. The molecule has 0 radical (unpaired) electrons. The Morgan fingerprint density at radius 3 is 1.72 bits per heavy atom. The van der Waals surface area contributed by atoms with Gasteiger partial charge < -0.3 is 10.6 Å². The van der Waals surface area contributed by atoms with Crippen LogP contribution in [-0.4, -0.2) is 34.4 Å². The van der Waals surface area contributed by atoms with Gasteiger partial charge in [0.15, 0.2) is 0 Å². The van der Waals surface area contributed by atoms with Gasteiger partial charge in [0.25, 0.3) is 0 Å². The average Bonchev–Trinajstić information content (AvgIpc) is 2.63. The number of amides is 2. The Kier molecular flexibility index (Phi) is 11.3. The van der Waals surface area contributed by atoms with Crippen molar-refractivity contribution < 1.29 is 9.59 Å². The van der Waals surface area contributed by atoms with Crippen molar-refractivity contribution in [1.29, 1.82) is 0 Å². The number of hydrogen-bond acceptors (Lipinski definition) is 3. The Morgan fingerprint density at radius 1 is 0.793 bits per heavy atom. The molecular weight excluding hydrogens is 380 g/mol. The monoisotopic (exact) mass is 428 g/mol. The molecule has 0 aliphatic heterocycles. The van der Waals surface area contributed by atoms with Gasteiger partial charge in [0.2, 0.25) is 11.8 Å². The van der Waals surface area contributed by atoms with E-state index < -0.39 is 0 Å². The lowest BCUT2D eigenvalue weighted by Gasteiger charge is -2.43. The Balaban J connectivity index is 5.29. The van der Waals surface area contributed by atoms with Crippen molar-refractivity contribution in [3.05, 3.63) is 0 Å². The van der Waals surface area contributed by atoms with Gasteiger partial charge in [0, 0.05) is 30.7 Å². The molecule has 5 heteroatoms. The summed E-state index contributed by atoms with van der Waals surface area (Å²) in [6, 6.07) is 0. The van der Waals surface area contributed by atoms with Crippen LogP contribution in [0.25, 0.3) is 0 Å². The molecule has 4 nitrogen and oxygen atoms in total. The van der Waals surface area contributed by atoms with Gasteiger partial charge >= 0.3 is 0 Å². The van der Waals surface area contributed by atoms with Crippen LogP contribution in [-0.2, 0) is 9.59 Å². The second-order valence-corrected chi connectivity index (χ2v) is 11.9. The maximum Gasteiger partial charge on any atom is 0.217 e. The zero-order valence-electron chi connectivity index (χ0n) is 20.9. The molecule has 0 fully saturated rings. The second-order valence-electron chi connectivity index (χ2n) is 10.4. The fourth-order valence-electron chi connectivity index (χ4n) is 4.25. The van der Waals surface area contributed by atoms with Gasteiger partial charge in [0.1, 0.15) is 0 Å². The van der Waals surface area contributed by atoms with Crippen LogP contribution in [0.2, 0.25) is 0 Å². The quantitative estimate of drug-likeness (QED) is 0.360. The SMILES string of the molecule is CCC(C)(CSC(C)(CC)CC(C)(C)CNC(C)=O)CC(CC)(CC)NC(C)=O. The van der Waals surface area contributed by atoms with Gasteiger partial charge in [-0.3, -0.25) is 9.59 Å². The van der Waals surface area contributed by atoms with E-state index in [-0.39, 0.29) is 32.9 Å². The molecule has 2 amide bonds. The maximum absolute atomic E-state index is 11.8. The Morgan fingerprint density at radius 2 is 1.34 bits per heavy atom. The maximum atomic E-state index is 11.8. The van der Waals surface area contributed by atoms with Gasteiger partial charge in [-0.05, 0) is 55.1 Å². The molecule has 0 aromatic heterocycles. The molecule has 0 spiro atoms. The van der Waals surface area contributed by atoms with Gasteiger partial charge in [-0.15, -0.1) is 0 Å². The molecule has 0 aliphatic carbocycles. The van der Waals surface area contributed by atoms with Gasteiger partial charge in [0.05, 0.1) is 0 Å². The smallest absolute Gasteiger partial charge is 0.217 e. The van der Waals surface area contributed by atoms with Crippen molar-refractivity contribution in [2.45, 2.75) is 118 Å². The highest BCUT2D eigenvalue weighted by atomic mass is 32.2. The van der Waals surface area contributed by atoms with Crippen molar-refractivity contribution >= 4 is 23.6 Å². The zero-order valence-corrected chi connectivity index (χ0v) is 21.7. The minimum Gasteiger partial charge on any atom is -0.356 e. The van der Waals surface area contributed by atoms with Crippen molar-refractivity contribution in [2.75, 3.05) is 12.3 Å². The van der Waals surface area contributed by atoms with Crippen molar-refractivity contribution in [1.82, 2.24) is 10.6 Å². The van der Waals surface area contributed by atoms with Crippen molar-refractivity contribution in [3.8, 4) is 0 Å². The topological polar surface area (TPSA) is 58.2 Å². The van der Waals surface area contributed by atoms with Crippen LogP contribution in [0.3, 0.4) is 0 Å². The fraction of sp³-hybridized carbons (Fsp3) is 0.917. The Hall–Kier alpha value is -0.710. The van der Waals surface area contributed by atoms with Crippen LogP contribution >= 0.6 is 11.8 Å². The third kappa shape index (κ3) is 10.2. The highest BCUT2D eigenvalue weighted by molar-refractivity contribution is 8.00. The van der Waals surface area contributed by atoms with E-state index in [1.807, 2.05) is 0 Å². The lowest BCUT2D eigenvalue weighted by molar-refractivity contribution is -0.121. The van der Waals surface area contributed by atoms with Gasteiger partial charge in [-0.25, -0.2) is 0 Å². The molecule has 0 aromatic carbocycles. The molecule has 0 bridgehead atoms. The summed E-state index contributed by atoms with van der Waals surface area (Å²) >= 11 is 2.07. The first kappa shape index (κ1) is 28.3. The molecule has 0 saturated heterocycles. The number of rotatable bonds is 14. The second kappa shape index (κ2) is 11.6. The molecule has 0 heterocycles. The molecule has 0 saturated carbocycles. The molecular formula is C24H48N2O2S. The zero-order chi connectivity index (χ0) is 22.9. The normalized spacial score (nSPS) is 16.6. The highest BCUT2D eigenvalue weighted by Gasteiger charge is 2.39. The van der Waals surface area contributed by atoms with Crippen LogP contribution in [0.15, 0.2) is 0 Å². The minimum absolute atomic E-state index is 0.0379. The average molecular weight is 429 g/mol. The van der Waals surface area contributed by atoms with Crippen LogP contribution < -0.4 is 10.6 Å². The summed E-state index contributed by atoms with van der Waals surface area (Å²) in [7, 11) is 0. The van der Waals surface area contributed by atoms with Crippen molar-refractivity contribution in [2.24, 2.45) is 10.8 Å². The summed E-state index contributed by atoms with van der Waals surface area (Å²) in [6.07, 6.45) is 6.16. The number of thioether (sulfide) groups is 1. The number of carbonyl (C=O) groups is 2. The number of hydrogen-bond donors (Lipinski definition) is 2.